The molecular weight excluding hydrogens is 292 g/mol. The first-order chi connectivity index (χ1) is 9.65. The summed E-state index contributed by atoms with van der Waals surface area (Å²) in [6, 6.07) is 8.55. The van der Waals surface area contributed by atoms with Gasteiger partial charge in [0.2, 0.25) is 0 Å². The maximum absolute atomic E-state index is 12.3. The Morgan fingerprint density at radius 2 is 1.85 bits per heavy atom. The van der Waals surface area contributed by atoms with Crippen LogP contribution >= 0.6 is 11.3 Å². The van der Waals surface area contributed by atoms with Gasteiger partial charge in [0.25, 0.3) is 0 Å². The van der Waals surface area contributed by atoms with E-state index >= 15 is 0 Å². The molecule has 0 unspecified atom stereocenters. The minimum Gasteiger partial charge on any atom is -0.348 e. The van der Waals surface area contributed by atoms with Crippen molar-refractivity contribution in [3.05, 3.63) is 41.4 Å². The third-order valence-electron chi connectivity index (χ3n) is 3.36. The molecule has 0 N–H and O–H groups in total. The fourth-order valence-electron chi connectivity index (χ4n) is 2.32. The molecular formula is C14H16N2O2S2. The van der Waals surface area contributed by atoms with Crippen LogP contribution in [0.15, 0.2) is 40.6 Å². The summed E-state index contributed by atoms with van der Waals surface area (Å²) in [5, 5.41) is 2.80. The van der Waals surface area contributed by atoms with Gasteiger partial charge in [0.15, 0.2) is 15.0 Å². The van der Waals surface area contributed by atoms with Crippen LogP contribution in [0.5, 0.6) is 0 Å². The topological polar surface area (TPSA) is 50.3 Å². The summed E-state index contributed by atoms with van der Waals surface area (Å²) in [7, 11) is -3.30. The van der Waals surface area contributed by atoms with Gasteiger partial charge in [-0.05, 0) is 25.0 Å². The molecule has 1 aromatic heterocycles. The van der Waals surface area contributed by atoms with E-state index in [1.807, 2.05) is 11.4 Å². The second-order valence-electron chi connectivity index (χ2n) is 4.89. The van der Waals surface area contributed by atoms with E-state index in [9.17, 15) is 8.42 Å². The Morgan fingerprint density at radius 1 is 1.15 bits per heavy atom. The molecule has 0 aliphatic carbocycles. The molecule has 0 saturated carbocycles. The summed E-state index contributed by atoms with van der Waals surface area (Å²) < 4.78 is 24.6. The number of hydrogen-bond donors (Lipinski definition) is 0. The van der Waals surface area contributed by atoms with Gasteiger partial charge in [-0.3, -0.25) is 0 Å². The quantitative estimate of drug-likeness (QED) is 0.871. The van der Waals surface area contributed by atoms with Crippen LogP contribution in [0.25, 0.3) is 0 Å². The highest BCUT2D eigenvalue weighted by Crippen LogP contribution is 2.26. The molecule has 1 fully saturated rings. The third kappa shape index (κ3) is 2.86. The summed E-state index contributed by atoms with van der Waals surface area (Å²) in [6.45, 7) is 2.05. The maximum atomic E-state index is 12.3. The predicted molar refractivity (Wildman–Crippen MR) is 80.9 cm³/mol. The van der Waals surface area contributed by atoms with Gasteiger partial charge in [0.05, 0.1) is 16.3 Å². The largest absolute Gasteiger partial charge is 0.348 e. The van der Waals surface area contributed by atoms with Crippen molar-refractivity contribution in [2.75, 3.05) is 18.0 Å². The first-order valence-electron chi connectivity index (χ1n) is 6.62. The van der Waals surface area contributed by atoms with Crippen LogP contribution in [0, 0.1) is 0 Å². The molecule has 0 radical (unpaired) electrons. The summed E-state index contributed by atoms with van der Waals surface area (Å²) >= 11 is 1.53. The van der Waals surface area contributed by atoms with Gasteiger partial charge in [0.1, 0.15) is 0 Å². The number of rotatable bonds is 4. The monoisotopic (exact) mass is 308 g/mol. The number of aromatic nitrogens is 1. The lowest BCUT2D eigenvalue weighted by Gasteiger charge is -2.12. The van der Waals surface area contributed by atoms with Crippen LogP contribution in [0.4, 0.5) is 5.13 Å². The van der Waals surface area contributed by atoms with Crippen molar-refractivity contribution < 1.29 is 8.42 Å². The van der Waals surface area contributed by atoms with E-state index in [4.69, 9.17) is 0 Å². The first-order valence-corrected chi connectivity index (χ1v) is 9.15. The van der Waals surface area contributed by atoms with Gasteiger partial charge in [-0.2, -0.15) is 0 Å². The van der Waals surface area contributed by atoms with Gasteiger partial charge in [-0.15, -0.1) is 11.3 Å². The third-order valence-corrected chi connectivity index (χ3v) is 5.97. The highest BCUT2D eigenvalue weighted by atomic mass is 32.2. The number of hydrogen-bond acceptors (Lipinski definition) is 5. The van der Waals surface area contributed by atoms with E-state index in [0.717, 1.165) is 18.2 Å². The molecule has 0 atom stereocenters. The molecule has 6 heteroatoms. The van der Waals surface area contributed by atoms with E-state index < -0.39 is 9.84 Å². The molecule has 0 bridgehead atoms. The Bertz CT molecular complexity index is 674. The summed E-state index contributed by atoms with van der Waals surface area (Å²) in [4.78, 5) is 7.05. The number of thiazole rings is 1. The lowest BCUT2D eigenvalue weighted by Crippen LogP contribution is -2.17. The van der Waals surface area contributed by atoms with Crippen molar-refractivity contribution in [2.24, 2.45) is 0 Å². The summed E-state index contributed by atoms with van der Waals surface area (Å²) in [5.74, 6) is -0.0264. The first kappa shape index (κ1) is 13.6. The van der Waals surface area contributed by atoms with E-state index in [1.165, 1.54) is 24.2 Å². The Labute approximate surface area is 123 Å². The highest BCUT2D eigenvalue weighted by molar-refractivity contribution is 7.90. The molecule has 0 spiro atoms. The van der Waals surface area contributed by atoms with Gasteiger partial charge in [0, 0.05) is 18.5 Å². The molecule has 1 aliphatic rings. The normalized spacial score (nSPS) is 15.7. The number of benzene rings is 1. The fraction of sp³-hybridized carbons (Fsp3) is 0.357. The SMILES string of the molecule is O=S(=O)(Cc1csc(N2CCCC2)n1)c1ccccc1. The Hall–Kier alpha value is -1.40. The number of anilines is 1. The second kappa shape index (κ2) is 5.54. The minimum atomic E-state index is -3.30. The van der Waals surface area contributed by atoms with Gasteiger partial charge >= 0.3 is 0 Å². The zero-order valence-corrected chi connectivity index (χ0v) is 12.7. The summed E-state index contributed by atoms with van der Waals surface area (Å²) in [6.07, 6.45) is 2.38. The smallest absolute Gasteiger partial charge is 0.185 e. The van der Waals surface area contributed by atoms with Crippen molar-refractivity contribution in [3.63, 3.8) is 0 Å². The lowest BCUT2D eigenvalue weighted by molar-refractivity contribution is 0.595. The molecule has 1 saturated heterocycles. The van der Waals surface area contributed by atoms with Crippen molar-refractivity contribution in [3.8, 4) is 0 Å². The minimum absolute atomic E-state index is 0.0264. The van der Waals surface area contributed by atoms with Crippen molar-refractivity contribution >= 4 is 26.3 Å². The van der Waals surface area contributed by atoms with E-state index in [2.05, 4.69) is 9.88 Å². The van der Waals surface area contributed by atoms with Gasteiger partial charge in [-0.25, -0.2) is 13.4 Å². The van der Waals surface area contributed by atoms with Gasteiger partial charge < -0.3 is 4.90 Å². The summed E-state index contributed by atoms with van der Waals surface area (Å²) in [5.41, 5.74) is 0.640. The lowest BCUT2D eigenvalue weighted by atomic mass is 10.4. The molecule has 2 aromatic rings. The van der Waals surface area contributed by atoms with Crippen molar-refractivity contribution in [2.45, 2.75) is 23.5 Å². The molecule has 4 nitrogen and oxygen atoms in total. The van der Waals surface area contributed by atoms with Crippen molar-refractivity contribution in [1.29, 1.82) is 0 Å². The van der Waals surface area contributed by atoms with Gasteiger partial charge in [-0.1, -0.05) is 18.2 Å². The molecule has 1 aromatic carbocycles. The van der Waals surface area contributed by atoms with Crippen LogP contribution in [0.1, 0.15) is 18.5 Å². The van der Waals surface area contributed by atoms with E-state index in [-0.39, 0.29) is 5.75 Å². The molecule has 3 rings (SSSR count). The second-order valence-corrected chi connectivity index (χ2v) is 7.71. The standard InChI is InChI=1S/C14H16N2O2S2/c17-20(18,13-6-2-1-3-7-13)11-12-10-19-14(15-12)16-8-4-5-9-16/h1-3,6-7,10H,4-5,8-9,11H2. The van der Waals surface area contributed by atoms with E-state index in [0.29, 0.717) is 10.6 Å². The van der Waals surface area contributed by atoms with Crippen LogP contribution < -0.4 is 4.90 Å². The Morgan fingerprint density at radius 3 is 2.55 bits per heavy atom. The number of sulfone groups is 1. The predicted octanol–water partition coefficient (Wildman–Crippen LogP) is 2.72. The van der Waals surface area contributed by atoms with Crippen LogP contribution in [0.3, 0.4) is 0 Å². The van der Waals surface area contributed by atoms with E-state index in [1.54, 1.807) is 24.3 Å². The molecule has 20 heavy (non-hydrogen) atoms. The molecule has 106 valence electrons. The molecule has 2 heterocycles. The average Bonchev–Trinajstić information content (AvgIpc) is 3.10. The van der Waals surface area contributed by atoms with Crippen molar-refractivity contribution in [1.82, 2.24) is 4.98 Å². The molecule has 1 aliphatic heterocycles. The van der Waals surface area contributed by atoms with Crippen LogP contribution in [-0.2, 0) is 15.6 Å². The highest BCUT2D eigenvalue weighted by Gasteiger charge is 2.19. The van der Waals surface area contributed by atoms with Crippen LogP contribution in [-0.4, -0.2) is 26.5 Å². The maximum Gasteiger partial charge on any atom is 0.185 e. The zero-order chi connectivity index (χ0) is 14.0. The average molecular weight is 308 g/mol. The Balaban J connectivity index is 1.78. The number of nitrogens with zero attached hydrogens (tertiary/aromatic N) is 2. The molecule has 0 amide bonds. The Kier molecular flexibility index (Phi) is 3.76. The fourth-order valence-corrected chi connectivity index (χ4v) is 4.58. The van der Waals surface area contributed by atoms with Crippen LogP contribution in [0.2, 0.25) is 0 Å². The zero-order valence-electron chi connectivity index (χ0n) is 11.0.